The molecule has 0 aliphatic heterocycles. The van der Waals surface area contributed by atoms with Crippen molar-refractivity contribution < 1.29 is 19.0 Å². The highest BCUT2D eigenvalue weighted by Gasteiger charge is 2.23. The van der Waals surface area contributed by atoms with E-state index < -0.39 is 17.8 Å². The van der Waals surface area contributed by atoms with E-state index in [2.05, 4.69) is 0 Å². The maximum Gasteiger partial charge on any atom is 0.325 e. The normalized spacial score (nSPS) is 12.8. The lowest BCUT2D eigenvalue weighted by Gasteiger charge is -2.21. The summed E-state index contributed by atoms with van der Waals surface area (Å²) in [5.74, 6) is -1.43. The molecule has 1 unspecified atom stereocenters. The van der Waals surface area contributed by atoms with Crippen LogP contribution in [0.15, 0.2) is 18.2 Å². The number of carbonyl (C=O) groups is 1. The fraction of sp³-hybridized carbons (Fsp3) is 0.462. The Balaban J connectivity index is 3.05. The zero-order valence-corrected chi connectivity index (χ0v) is 11.0. The van der Waals surface area contributed by atoms with Gasteiger partial charge in [-0.2, -0.15) is 0 Å². The quantitative estimate of drug-likeness (QED) is 0.877. The number of rotatable bonds is 5. The van der Waals surface area contributed by atoms with Gasteiger partial charge in [0, 0.05) is 0 Å². The minimum absolute atomic E-state index is 0.130. The van der Waals surface area contributed by atoms with E-state index >= 15 is 0 Å². The third kappa shape index (κ3) is 3.43. The lowest BCUT2D eigenvalue weighted by atomic mass is 10.1. The zero-order valence-electron chi connectivity index (χ0n) is 11.0. The Hall–Kier alpha value is -1.62. The third-order valence-electron chi connectivity index (χ3n) is 2.38. The zero-order chi connectivity index (χ0) is 13.9. The average Bonchev–Trinajstić information content (AvgIpc) is 2.20. The van der Waals surface area contributed by atoms with Crippen LogP contribution in [0, 0.1) is 5.82 Å². The number of benzene rings is 1. The molecule has 0 fully saturated rings. The standard InChI is InChI=1S/C13H18FNO3/c1-8(2)18-11-6-5-9(7-10(11)14)12(13(16)17)15(3)4/h5-8,12H,1-4H3,(H,16,17). The molecule has 0 saturated heterocycles. The minimum Gasteiger partial charge on any atom is -0.488 e. The van der Waals surface area contributed by atoms with Crippen molar-refractivity contribution in [2.24, 2.45) is 0 Å². The summed E-state index contributed by atoms with van der Waals surface area (Å²) in [6.07, 6.45) is -0.130. The van der Waals surface area contributed by atoms with Crippen LogP contribution in [0.4, 0.5) is 4.39 Å². The number of halogens is 1. The van der Waals surface area contributed by atoms with Gasteiger partial charge >= 0.3 is 5.97 Å². The monoisotopic (exact) mass is 255 g/mol. The molecule has 1 aromatic rings. The molecule has 0 radical (unpaired) electrons. The number of hydrogen-bond acceptors (Lipinski definition) is 3. The van der Waals surface area contributed by atoms with Gasteiger partial charge < -0.3 is 9.84 Å². The van der Waals surface area contributed by atoms with Crippen molar-refractivity contribution in [2.45, 2.75) is 26.0 Å². The molecule has 18 heavy (non-hydrogen) atoms. The fourth-order valence-corrected chi connectivity index (χ4v) is 1.70. The first-order valence-electron chi connectivity index (χ1n) is 5.68. The largest absolute Gasteiger partial charge is 0.488 e. The predicted octanol–water partition coefficient (Wildman–Crippen LogP) is 2.30. The number of ether oxygens (including phenoxy) is 1. The Morgan fingerprint density at radius 2 is 2.00 bits per heavy atom. The first kappa shape index (κ1) is 14.4. The van der Waals surface area contributed by atoms with Crippen LogP contribution in [0.25, 0.3) is 0 Å². The molecular formula is C13H18FNO3. The predicted molar refractivity (Wildman–Crippen MR) is 66.2 cm³/mol. The van der Waals surface area contributed by atoms with Crippen molar-refractivity contribution in [3.8, 4) is 5.75 Å². The van der Waals surface area contributed by atoms with Crippen molar-refractivity contribution in [1.29, 1.82) is 0 Å². The molecular weight excluding hydrogens is 237 g/mol. The Morgan fingerprint density at radius 3 is 2.39 bits per heavy atom. The molecule has 0 saturated carbocycles. The molecule has 0 spiro atoms. The van der Waals surface area contributed by atoms with Gasteiger partial charge in [0.15, 0.2) is 11.6 Å². The molecule has 1 aromatic carbocycles. The van der Waals surface area contributed by atoms with Gasteiger partial charge in [-0.15, -0.1) is 0 Å². The molecule has 0 aliphatic carbocycles. The van der Waals surface area contributed by atoms with Crippen molar-refractivity contribution in [3.05, 3.63) is 29.6 Å². The number of hydrogen-bond donors (Lipinski definition) is 1. The smallest absolute Gasteiger partial charge is 0.325 e. The minimum atomic E-state index is -1.02. The molecule has 4 nitrogen and oxygen atoms in total. The van der Waals surface area contributed by atoms with Crippen LogP contribution in [0.1, 0.15) is 25.5 Å². The summed E-state index contributed by atoms with van der Waals surface area (Å²) < 4.78 is 19.0. The second kappa shape index (κ2) is 5.82. The molecule has 100 valence electrons. The highest BCUT2D eigenvalue weighted by Crippen LogP contribution is 2.25. The van der Waals surface area contributed by atoms with Crippen molar-refractivity contribution >= 4 is 5.97 Å². The first-order valence-corrected chi connectivity index (χ1v) is 5.68. The lowest BCUT2D eigenvalue weighted by Crippen LogP contribution is -2.27. The van der Waals surface area contributed by atoms with Gasteiger partial charge in [0.1, 0.15) is 6.04 Å². The second-order valence-corrected chi connectivity index (χ2v) is 4.56. The number of likely N-dealkylation sites (N-methyl/N-ethyl adjacent to an activating group) is 1. The Kier molecular flexibility index (Phi) is 4.67. The number of carboxylic acids is 1. The number of nitrogens with zero attached hydrogens (tertiary/aromatic N) is 1. The SMILES string of the molecule is CC(C)Oc1ccc(C(C(=O)O)N(C)C)cc1F. The van der Waals surface area contributed by atoms with E-state index in [9.17, 15) is 9.18 Å². The highest BCUT2D eigenvalue weighted by molar-refractivity contribution is 5.75. The van der Waals surface area contributed by atoms with Crippen molar-refractivity contribution in [1.82, 2.24) is 4.90 Å². The Labute approximate surface area is 106 Å². The molecule has 1 rings (SSSR count). The maximum atomic E-state index is 13.8. The van der Waals surface area contributed by atoms with E-state index in [1.807, 2.05) is 0 Å². The van der Waals surface area contributed by atoms with E-state index in [-0.39, 0.29) is 11.9 Å². The molecule has 0 amide bonds. The van der Waals surface area contributed by atoms with Gasteiger partial charge in [-0.1, -0.05) is 6.07 Å². The van der Waals surface area contributed by atoms with Crippen LogP contribution < -0.4 is 4.74 Å². The molecule has 5 heteroatoms. The number of carboxylic acid groups (broad SMARTS) is 1. The molecule has 1 N–H and O–H groups in total. The summed E-state index contributed by atoms with van der Waals surface area (Å²) in [6.45, 7) is 3.60. The van der Waals surface area contributed by atoms with E-state index in [0.717, 1.165) is 0 Å². The summed E-state index contributed by atoms with van der Waals surface area (Å²) in [5, 5.41) is 9.11. The van der Waals surface area contributed by atoms with Gasteiger partial charge in [0.25, 0.3) is 0 Å². The maximum absolute atomic E-state index is 13.8. The van der Waals surface area contributed by atoms with E-state index in [4.69, 9.17) is 9.84 Å². The van der Waals surface area contributed by atoms with Crippen LogP contribution in [0.2, 0.25) is 0 Å². The van der Waals surface area contributed by atoms with Crippen LogP contribution in [-0.4, -0.2) is 36.2 Å². The Morgan fingerprint density at radius 1 is 1.39 bits per heavy atom. The topological polar surface area (TPSA) is 49.8 Å². The summed E-state index contributed by atoms with van der Waals surface area (Å²) in [7, 11) is 3.27. The average molecular weight is 255 g/mol. The van der Waals surface area contributed by atoms with Crippen LogP contribution in [-0.2, 0) is 4.79 Å². The molecule has 1 atom stereocenters. The molecule has 0 aromatic heterocycles. The van der Waals surface area contributed by atoms with E-state index in [0.29, 0.717) is 5.56 Å². The number of aliphatic carboxylic acids is 1. The summed E-state index contributed by atoms with van der Waals surface area (Å²) in [5.41, 5.74) is 0.390. The van der Waals surface area contributed by atoms with E-state index in [1.54, 1.807) is 34.0 Å². The van der Waals surface area contributed by atoms with Crippen molar-refractivity contribution in [2.75, 3.05) is 14.1 Å². The fourth-order valence-electron chi connectivity index (χ4n) is 1.70. The van der Waals surface area contributed by atoms with Gasteiger partial charge in [0.2, 0.25) is 0 Å². The van der Waals surface area contributed by atoms with E-state index in [1.165, 1.54) is 17.0 Å². The third-order valence-corrected chi connectivity index (χ3v) is 2.38. The lowest BCUT2D eigenvalue weighted by molar-refractivity contribution is -0.142. The summed E-state index contributed by atoms with van der Waals surface area (Å²) in [4.78, 5) is 12.6. The second-order valence-electron chi connectivity index (χ2n) is 4.56. The summed E-state index contributed by atoms with van der Waals surface area (Å²) >= 11 is 0. The Bertz CT molecular complexity index is 432. The molecule has 0 aliphatic rings. The summed E-state index contributed by atoms with van der Waals surface area (Å²) in [6, 6.07) is 3.37. The highest BCUT2D eigenvalue weighted by atomic mass is 19.1. The first-order chi connectivity index (χ1) is 8.32. The molecule has 0 heterocycles. The van der Waals surface area contributed by atoms with Gasteiger partial charge in [-0.25, -0.2) is 4.39 Å². The van der Waals surface area contributed by atoms with Crippen molar-refractivity contribution in [3.63, 3.8) is 0 Å². The van der Waals surface area contributed by atoms with Gasteiger partial charge in [-0.3, -0.25) is 9.69 Å². The van der Waals surface area contributed by atoms with Crippen LogP contribution >= 0.6 is 0 Å². The van der Waals surface area contributed by atoms with Gasteiger partial charge in [0.05, 0.1) is 6.10 Å². The molecule has 0 bridgehead atoms. The van der Waals surface area contributed by atoms with Gasteiger partial charge in [-0.05, 0) is 45.6 Å². The van der Waals surface area contributed by atoms with Crippen LogP contribution in [0.5, 0.6) is 5.75 Å². The van der Waals surface area contributed by atoms with Crippen LogP contribution in [0.3, 0.4) is 0 Å².